The number of amides is 1. The van der Waals surface area contributed by atoms with Crippen LogP contribution in [0.4, 0.5) is 11.4 Å². The number of carbonyl (C=O) groups excluding carboxylic acids is 1. The van der Waals surface area contributed by atoms with Gasteiger partial charge in [-0.25, -0.2) is 8.42 Å². The number of sulfonamides is 1. The van der Waals surface area contributed by atoms with Gasteiger partial charge in [-0.05, 0) is 43.3 Å². The zero-order valence-electron chi connectivity index (χ0n) is 16.3. The molecule has 0 aliphatic rings. The summed E-state index contributed by atoms with van der Waals surface area (Å²) in [5, 5.41) is 2.67. The van der Waals surface area contributed by atoms with Gasteiger partial charge in [0, 0.05) is 11.8 Å². The van der Waals surface area contributed by atoms with Crippen molar-refractivity contribution in [3.05, 3.63) is 42.5 Å². The lowest BCUT2D eigenvalue weighted by atomic mass is 10.2. The molecule has 0 spiro atoms. The zero-order valence-corrected chi connectivity index (χ0v) is 17.1. The molecule has 0 heterocycles. The summed E-state index contributed by atoms with van der Waals surface area (Å²) in [4.78, 5) is 12.5. The maximum Gasteiger partial charge on any atom is 0.245 e. The van der Waals surface area contributed by atoms with Crippen molar-refractivity contribution in [3.8, 4) is 17.2 Å². The Morgan fingerprint density at radius 1 is 1.04 bits per heavy atom. The monoisotopic (exact) mass is 408 g/mol. The van der Waals surface area contributed by atoms with E-state index in [1.807, 2.05) is 6.92 Å². The van der Waals surface area contributed by atoms with Crippen LogP contribution in [0.5, 0.6) is 17.2 Å². The highest BCUT2D eigenvalue weighted by atomic mass is 32.2. The van der Waals surface area contributed by atoms with Gasteiger partial charge in [0.05, 0.1) is 32.8 Å². The number of benzene rings is 2. The van der Waals surface area contributed by atoms with Crippen LogP contribution in [-0.4, -0.2) is 48.0 Å². The van der Waals surface area contributed by atoms with E-state index < -0.39 is 15.9 Å². The molecule has 0 unspecified atom stereocenters. The molecular weight excluding hydrogens is 384 g/mol. The molecule has 0 saturated carbocycles. The number of hydrogen-bond acceptors (Lipinski definition) is 6. The predicted octanol–water partition coefficient (Wildman–Crippen LogP) is 2.51. The van der Waals surface area contributed by atoms with Gasteiger partial charge in [0.2, 0.25) is 15.9 Å². The molecule has 1 N–H and O–H groups in total. The van der Waals surface area contributed by atoms with E-state index in [2.05, 4.69) is 5.32 Å². The van der Waals surface area contributed by atoms with E-state index in [0.717, 1.165) is 10.6 Å². The van der Waals surface area contributed by atoms with E-state index >= 15 is 0 Å². The summed E-state index contributed by atoms with van der Waals surface area (Å²) in [6.45, 7) is 1.99. The molecule has 8 nitrogen and oxygen atoms in total. The molecule has 0 bridgehead atoms. The molecule has 0 aliphatic carbocycles. The molecule has 0 fully saturated rings. The molecule has 0 saturated heterocycles. The van der Waals surface area contributed by atoms with Crippen molar-refractivity contribution in [2.24, 2.45) is 0 Å². The van der Waals surface area contributed by atoms with E-state index in [1.54, 1.807) is 42.5 Å². The highest BCUT2D eigenvalue weighted by molar-refractivity contribution is 7.92. The van der Waals surface area contributed by atoms with Crippen LogP contribution in [0.2, 0.25) is 0 Å². The van der Waals surface area contributed by atoms with E-state index in [0.29, 0.717) is 35.2 Å². The molecule has 152 valence electrons. The fourth-order valence-electron chi connectivity index (χ4n) is 2.52. The Balaban J connectivity index is 2.17. The summed E-state index contributed by atoms with van der Waals surface area (Å²) in [6.07, 6.45) is 1.05. The number of nitrogens with zero attached hydrogens (tertiary/aromatic N) is 1. The third kappa shape index (κ3) is 5.53. The molecule has 2 aromatic carbocycles. The normalized spacial score (nSPS) is 10.9. The average molecular weight is 408 g/mol. The molecule has 0 aliphatic heterocycles. The first-order chi connectivity index (χ1) is 13.3. The van der Waals surface area contributed by atoms with Gasteiger partial charge in [-0.3, -0.25) is 9.10 Å². The molecule has 0 aromatic heterocycles. The molecule has 0 radical (unpaired) electrons. The van der Waals surface area contributed by atoms with Gasteiger partial charge >= 0.3 is 0 Å². The first kappa shape index (κ1) is 21.4. The minimum Gasteiger partial charge on any atom is -0.494 e. The minimum absolute atomic E-state index is 0.369. The van der Waals surface area contributed by atoms with Crippen LogP contribution in [0.15, 0.2) is 42.5 Å². The highest BCUT2D eigenvalue weighted by Gasteiger charge is 2.21. The standard InChI is InChI=1S/C19H24N2O6S/c1-5-27-16-9-7-15(8-10-16)21(28(4,23)24)13-19(22)20-14-6-11-17(25-2)18(12-14)26-3/h6-12H,5,13H2,1-4H3,(H,20,22). The van der Waals surface area contributed by atoms with Crippen LogP contribution in [0.1, 0.15) is 6.92 Å². The van der Waals surface area contributed by atoms with Crippen molar-refractivity contribution < 1.29 is 27.4 Å². The molecular formula is C19H24N2O6S. The van der Waals surface area contributed by atoms with E-state index in [1.165, 1.54) is 14.2 Å². The second-order valence-corrected chi connectivity index (χ2v) is 7.72. The predicted molar refractivity (Wildman–Crippen MR) is 108 cm³/mol. The van der Waals surface area contributed by atoms with Crippen molar-refractivity contribution in [2.45, 2.75) is 6.92 Å². The van der Waals surface area contributed by atoms with Crippen LogP contribution < -0.4 is 23.8 Å². The Morgan fingerprint density at radius 3 is 2.21 bits per heavy atom. The number of anilines is 2. The van der Waals surface area contributed by atoms with E-state index in [9.17, 15) is 13.2 Å². The third-order valence-corrected chi connectivity index (χ3v) is 4.93. The SMILES string of the molecule is CCOc1ccc(N(CC(=O)Nc2ccc(OC)c(OC)c2)S(C)(=O)=O)cc1. The minimum atomic E-state index is -3.67. The number of carbonyl (C=O) groups is 1. The second kappa shape index (κ2) is 9.32. The summed E-state index contributed by atoms with van der Waals surface area (Å²) < 4.78 is 41.1. The first-order valence-corrected chi connectivity index (χ1v) is 10.4. The van der Waals surface area contributed by atoms with Gasteiger partial charge in [0.25, 0.3) is 0 Å². The number of methoxy groups -OCH3 is 2. The van der Waals surface area contributed by atoms with Crippen molar-refractivity contribution in [1.29, 1.82) is 0 Å². The second-order valence-electron chi connectivity index (χ2n) is 5.81. The number of nitrogens with one attached hydrogen (secondary N) is 1. The Hall–Kier alpha value is -2.94. The number of hydrogen-bond donors (Lipinski definition) is 1. The molecule has 1 amide bonds. The fourth-order valence-corrected chi connectivity index (χ4v) is 3.38. The highest BCUT2D eigenvalue weighted by Crippen LogP contribution is 2.30. The molecule has 28 heavy (non-hydrogen) atoms. The Labute approximate surface area is 165 Å². The van der Waals surface area contributed by atoms with Crippen LogP contribution in [0.3, 0.4) is 0 Å². The van der Waals surface area contributed by atoms with Gasteiger partial charge in [-0.1, -0.05) is 0 Å². The van der Waals surface area contributed by atoms with Crippen molar-refractivity contribution in [3.63, 3.8) is 0 Å². The van der Waals surface area contributed by atoms with E-state index in [4.69, 9.17) is 14.2 Å². The number of ether oxygens (including phenoxy) is 3. The van der Waals surface area contributed by atoms with Gasteiger partial charge < -0.3 is 19.5 Å². The Morgan fingerprint density at radius 2 is 1.68 bits per heavy atom. The van der Waals surface area contributed by atoms with E-state index in [-0.39, 0.29) is 6.54 Å². The summed E-state index contributed by atoms with van der Waals surface area (Å²) in [5.74, 6) is 1.10. The number of rotatable bonds is 9. The Kier molecular flexibility index (Phi) is 7.11. The Bertz CT molecular complexity index is 913. The van der Waals surface area contributed by atoms with Gasteiger partial charge in [-0.15, -0.1) is 0 Å². The maximum atomic E-state index is 12.5. The first-order valence-electron chi connectivity index (χ1n) is 8.51. The van der Waals surface area contributed by atoms with Crippen LogP contribution in [0, 0.1) is 0 Å². The zero-order chi connectivity index (χ0) is 20.7. The molecule has 9 heteroatoms. The van der Waals surface area contributed by atoms with Gasteiger partial charge in [0.15, 0.2) is 11.5 Å². The molecule has 2 rings (SSSR count). The lowest BCUT2D eigenvalue weighted by Gasteiger charge is -2.22. The van der Waals surface area contributed by atoms with Crippen molar-refractivity contribution >= 4 is 27.3 Å². The van der Waals surface area contributed by atoms with Gasteiger partial charge in [-0.2, -0.15) is 0 Å². The van der Waals surface area contributed by atoms with Crippen molar-refractivity contribution in [1.82, 2.24) is 0 Å². The maximum absolute atomic E-state index is 12.5. The largest absolute Gasteiger partial charge is 0.494 e. The molecule has 2 aromatic rings. The average Bonchev–Trinajstić information content (AvgIpc) is 2.66. The quantitative estimate of drug-likeness (QED) is 0.685. The lowest BCUT2D eigenvalue weighted by molar-refractivity contribution is -0.114. The third-order valence-electron chi connectivity index (χ3n) is 3.79. The summed E-state index contributed by atoms with van der Waals surface area (Å²) in [5.41, 5.74) is 0.830. The summed E-state index contributed by atoms with van der Waals surface area (Å²) >= 11 is 0. The lowest BCUT2D eigenvalue weighted by Crippen LogP contribution is -2.37. The smallest absolute Gasteiger partial charge is 0.245 e. The van der Waals surface area contributed by atoms with Gasteiger partial charge in [0.1, 0.15) is 12.3 Å². The van der Waals surface area contributed by atoms with Crippen LogP contribution in [0.25, 0.3) is 0 Å². The van der Waals surface area contributed by atoms with Crippen LogP contribution >= 0.6 is 0 Å². The summed E-state index contributed by atoms with van der Waals surface area (Å²) in [6, 6.07) is 11.4. The fraction of sp³-hybridized carbons (Fsp3) is 0.316. The topological polar surface area (TPSA) is 94.2 Å². The van der Waals surface area contributed by atoms with Crippen molar-refractivity contribution in [2.75, 3.05) is 43.2 Å². The van der Waals surface area contributed by atoms with Crippen LogP contribution in [-0.2, 0) is 14.8 Å². The summed E-state index contributed by atoms with van der Waals surface area (Å²) in [7, 11) is -0.669. The molecule has 0 atom stereocenters.